The largest absolute Gasteiger partial charge is 0.374 e. The molecular formula is C8H13IO2. The van der Waals surface area contributed by atoms with Crippen molar-refractivity contribution < 1.29 is 9.47 Å². The van der Waals surface area contributed by atoms with Gasteiger partial charge < -0.3 is 9.47 Å². The van der Waals surface area contributed by atoms with E-state index in [0.717, 1.165) is 24.1 Å². The average Bonchev–Trinajstić information content (AvgIpc) is 2.62. The minimum absolute atomic E-state index is 0.135. The molecule has 2 fully saturated rings. The van der Waals surface area contributed by atoms with Gasteiger partial charge in [0.2, 0.25) is 0 Å². The molecule has 3 heteroatoms. The van der Waals surface area contributed by atoms with E-state index >= 15 is 0 Å². The zero-order valence-electron chi connectivity index (χ0n) is 6.51. The maximum atomic E-state index is 5.71. The Hall–Kier alpha value is 0.650. The summed E-state index contributed by atoms with van der Waals surface area (Å²) in [6.45, 7) is 1.78. The average molecular weight is 268 g/mol. The van der Waals surface area contributed by atoms with Crippen molar-refractivity contribution in [2.45, 2.75) is 31.0 Å². The zero-order chi connectivity index (χ0) is 7.73. The summed E-state index contributed by atoms with van der Waals surface area (Å²) in [5.74, 6) is 0. The highest BCUT2D eigenvalue weighted by Gasteiger charge is 2.42. The van der Waals surface area contributed by atoms with Crippen LogP contribution in [0.2, 0.25) is 0 Å². The second kappa shape index (κ2) is 3.18. The van der Waals surface area contributed by atoms with Crippen LogP contribution >= 0.6 is 22.6 Å². The first kappa shape index (κ1) is 8.26. The number of halogens is 1. The van der Waals surface area contributed by atoms with Crippen LogP contribution in [0.25, 0.3) is 0 Å². The van der Waals surface area contributed by atoms with E-state index in [0.29, 0.717) is 6.10 Å². The smallest absolute Gasteiger partial charge is 0.0940 e. The van der Waals surface area contributed by atoms with E-state index in [1.165, 1.54) is 12.8 Å². The van der Waals surface area contributed by atoms with Crippen molar-refractivity contribution in [2.24, 2.45) is 0 Å². The summed E-state index contributed by atoms with van der Waals surface area (Å²) in [7, 11) is 0. The molecule has 2 aliphatic rings. The van der Waals surface area contributed by atoms with Crippen LogP contribution in [-0.4, -0.2) is 29.3 Å². The molecule has 64 valence electrons. The van der Waals surface area contributed by atoms with Gasteiger partial charge in [-0.1, -0.05) is 22.6 Å². The fourth-order valence-electron chi connectivity index (χ4n) is 1.93. The molecule has 2 unspecified atom stereocenters. The molecule has 0 bridgehead atoms. The maximum Gasteiger partial charge on any atom is 0.0940 e. The van der Waals surface area contributed by atoms with Gasteiger partial charge in [0.1, 0.15) is 0 Å². The Kier molecular flexibility index (Phi) is 2.39. The third-order valence-electron chi connectivity index (χ3n) is 2.54. The minimum Gasteiger partial charge on any atom is -0.374 e. The second-order valence-corrected chi connectivity index (χ2v) is 4.31. The highest BCUT2D eigenvalue weighted by molar-refractivity contribution is 14.1. The van der Waals surface area contributed by atoms with E-state index in [9.17, 15) is 0 Å². The molecule has 2 saturated heterocycles. The predicted octanol–water partition coefficient (Wildman–Crippen LogP) is 1.76. The summed E-state index contributed by atoms with van der Waals surface area (Å²) in [6.07, 6.45) is 4.00. The Labute approximate surface area is 80.8 Å². The standard InChI is InChI=1S/C8H13IO2/c9-5-7-4-8(6-10-7)2-1-3-11-8/h7H,1-6H2. The quantitative estimate of drug-likeness (QED) is 0.533. The van der Waals surface area contributed by atoms with E-state index in [1.54, 1.807) is 0 Å². The summed E-state index contributed by atoms with van der Waals surface area (Å²) in [5, 5.41) is 0. The summed E-state index contributed by atoms with van der Waals surface area (Å²) in [6, 6.07) is 0. The molecule has 0 aromatic heterocycles. The SMILES string of the molecule is ICC1CC2(CCCO2)CO1. The molecule has 0 amide bonds. The van der Waals surface area contributed by atoms with E-state index < -0.39 is 0 Å². The summed E-state index contributed by atoms with van der Waals surface area (Å²) in [4.78, 5) is 0. The third kappa shape index (κ3) is 1.55. The molecule has 0 aliphatic carbocycles. The van der Waals surface area contributed by atoms with Gasteiger partial charge in [-0.3, -0.25) is 0 Å². The molecule has 2 heterocycles. The Morgan fingerprint density at radius 2 is 2.45 bits per heavy atom. The van der Waals surface area contributed by atoms with Crippen LogP contribution in [0.4, 0.5) is 0 Å². The fraction of sp³-hybridized carbons (Fsp3) is 1.00. The molecule has 0 radical (unpaired) electrons. The van der Waals surface area contributed by atoms with Gasteiger partial charge in [-0.15, -0.1) is 0 Å². The first-order valence-electron chi connectivity index (χ1n) is 4.16. The van der Waals surface area contributed by atoms with Crippen molar-refractivity contribution in [2.75, 3.05) is 17.6 Å². The zero-order valence-corrected chi connectivity index (χ0v) is 8.67. The lowest BCUT2D eigenvalue weighted by Gasteiger charge is -2.19. The molecule has 2 aliphatic heterocycles. The lowest BCUT2D eigenvalue weighted by atomic mass is 9.97. The third-order valence-corrected chi connectivity index (χ3v) is 3.52. The molecule has 0 aromatic rings. The van der Waals surface area contributed by atoms with Crippen LogP contribution in [0.1, 0.15) is 19.3 Å². The normalized spacial score (nSPS) is 43.9. The molecular weight excluding hydrogens is 255 g/mol. The highest BCUT2D eigenvalue weighted by atomic mass is 127. The first-order chi connectivity index (χ1) is 5.35. The van der Waals surface area contributed by atoms with Gasteiger partial charge in [0, 0.05) is 17.5 Å². The number of ether oxygens (including phenoxy) is 2. The van der Waals surface area contributed by atoms with Crippen LogP contribution in [0.5, 0.6) is 0 Å². The Bertz CT molecular complexity index is 143. The highest BCUT2D eigenvalue weighted by Crippen LogP contribution is 2.36. The van der Waals surface area contributed by atoms with Gasteiger partial charge in [-0.25, -0.2) is 0 Å². The van der Waals surface area contributed by atoms with Crippen LogP contribution in [0.3, 0.4) is 0 Å². The number of hydrogen-bond donors (Lipinski definition) is 0. The molecule has 0 N–H and O–H groups in total. The molecule has 2 nitrogen and oxygen atoms in total. The van der Waals surface area contributed by atoms with Crippen LogP contribution in [0, 0.1) is 0 Å². The van der Waals surface area contributed by atoms with Crippen LogP contribution in [-0.2, 0) is 9.47 Å². The van der Waals surface area contributed by atoms with Crippen LogP contribution in [0.15, 0.2) is 0 Å². The van der Waals surface area contributed by atoms with E-state index in [-0.39, 0.29) is 5.60 Å². The Morgan fingerprint density at radius 3 is 3.00 bits per heavy atom. The second-order valence-electron chi connectivity index (χ2n) is 3.43. The lowest BCUT2D eigenvalue weighted by molar-refractivity contribution is -0.00470. The summed E-state index contributed by atoms with van der Waals surface area (Å²) in [5.41, 5.74) is 0.135. The molecule has 2 atom stereocenters. The lowest BCUT2D eigenvalue weighted by Crippen LogP contribution is -2.27. The van der Waals surface area contributed by atoms with Crippen molar-refractivity contribution in [3.05, 3.63) is 0 Å². The predicted molar refractivity (Wildman–Crippen MR) is 51.2 cm³/mol. The van der Waals surface area contributed by atoms with Crippen molar-refractivity contribution >= 4 is 22.6 Å². The van der Waals surface area contributed by atoms with E-state index in [4.69, 9.17) is 9.47 Å². The molecule has 1 spiro atoms. The summed E-state index contributed by atoms with van der Waals surface area (Å²) >= 11 is 2.38. The minimum atomic E-state index is 0.135. The van der Waals surface area contributed by atoms with Gasteiger partial charge in [0.25, 0.3) is 0 Å². The molecule has 0 aromatic carbocycles. The summed E-state index contributed by atoms with van der Waals surface area (Å²) < 4.78 is 12.4. The Balaban J connectivity index is 1.96. The monoisotopic (exact) mass is 268 g/mol. The first-order valence-corrected chi connectivity index (χ1v) is 5.69. The van der Waals surface area contributed by atoms with Gasteiger partial charge >= 0.3 is 0 Å². The molecule has 2 rings (SSSR count). The van der Waals surface area contributed by atoms with Gasteiger partial charge in [-0.05, 0) is 12.8 Å². The van der Waals surface area contributed by atoms with Gasteiger partial charge in [0.15, 0.2) is 0 Å². The van der Waals surface area contributed by atoms with Crippen molar-refractivity contribution in [3.63, 3.8) is 0 Å². The van der Waals surface area contributed by atoms with E-state index in [2.05, 4.69) is 22.6 Å². The number of rotatable bonds is 1. The molecule has 11 heavy (non-hydrogen) atoms. The Morgan fingerprint density at radius 1 is 1.55 bits per heavy atom. The number of hydrogen-bond acceptors (Lipinski definition) is 2. The van der Waals surface area contributed by atoms with Gasteiger partial charge in [-0.2, -0.15) is 0 Å². The maximum absolute atomic E-state index is 5.71. The number of alkyl halides is 1. The molecule has 0 saturated carbocycles. The van der Waals surface area contributed by atoms with E-state index in [1.807, 2.05) is 0 Å². The van der Waals surface area contributed by atoms with Crippen molar-refractivity contribution in [3.8, 4) is 0 Å². The van der Waals surface area contributed by atoms with Gasteiger partial charge in [0.05, 0.1) is 18.3 Å². The topological polar surface area (TPSA) is 18.5 Å². The van der Waals surface area contributed by atoms with Crippen LogP contribution < -0.4 is 0 Å². The fourth-order valence-corrected chi connectivity index (χ4v) is 2.50. The van der Waals surface area contributed by atoms with Crippen molar-refractivity contribution in [1.29, 1.82) is 0 Å². The van der Waals surface area contributed by atoms with Crippen molar-refractivity contribution in [1.82, 2.24) is 0 Å².